The fourth-order valence-electron chi connectivity index (χ4n) is 3.50. The minimum atomic E-state index is -0.00116. The van der Waals surface area contributed by atoms with Crippen LogP contribution in [0.15, 0.2) is 60.7 Å². The van der Waals surface area contributed by atoms with Crippen molar-refractivity contribution < 1.29 is 4.79 Å². The normalized spacial score (nSPS) is 17.1. The van der Waals surface area contributed by atoms with Crippen LogP contribution in [0.25, 0.3) is 10.6 Å². The monoisotopic (exact) mass is 377 g/mol. The van der Waals surface area contributed by atoms with Gasteiger partial charge in [0.05, 0.1) is 5.69 Å². The number of nitrogens with one attached hydrogen (secondary N) is 1. The maximum absolute atomic E-state index is 12.8. The molecule has 4 nitrogen and oxygen atoms in total. The molecular formula is C22H23N3OS. The van der Waals surface area contributed by atoms with Gasteiger partial charge in [0.25, 0.3) is 5.91 Å². The first kappa shape index (κ1) is 17.9. The Labute approximate surface area is 163 Å². The van der Waals surface area contributed by atoms with Crippen LogP contribution in [-0.4, -0.2) is 34.9 Å². The maximum atomic E-state index is 12.8. The molecule has 3 aromatic rings. The van der Waals surface area contributed by atoms with E-state index in [1.54, 1.807) is 0 Å². The van der Waals surface area contributed by atoms with Crippen molar-refractivity contribution >= 4 is 17.2 Å². The highest BCUT2D eigenvalue weighted by Gasteiger charge is 2.25. The van der Waals surface area contributed by atoms with Gasteiger partial charge in [0.1, 0.15) is 9.88 Å². The Kier molecular flexibility index (Phi) is 5.32. The van der Waals surface area contributed by atoms with E-state index < -0.39 is 0 Å². The van der Waals surface area contributed by atoms with E-state index in [1.165, 1.54) is 16.9 Å². The molecule has 5 heteroatoms. The molecule has 0 bridgehead atoms. The minimum absolute atomic E-state index is 0.00116. The third-order valence-corrected chi connectivity index (χ3v) is 6.09. The summed E-state index contributed by atoms with van der Waals surface area (Å²) in [5.74, 6) is -0.00116. The van der Waals surface area contributed by atoms with E-state index in [-0.39, 0.29) is 11.9 Å². The maximum Gasteiger partial charge on any atom is 0.263 e. The molecule has 1 N–H and O–H groups in total. The van der Waals surface area contributed by atoms with Crippen molar-refractivity contribution in [3.63, 3.8) is 0 Å². The lowest BCUT2D eigenvalue weighted by atomic mass is 10.2. The van der Waals surface area contributed by atoms with Crippen molar-refractivity contribution in [3.05, 3.63) is 76.8 Å². The third-order valence-electron chi connectivity index (χ3n) is 4.88. The van der Waals surface area contributed by atoms with Gasteiger partial charge in [0.15, 0.2) is 0 Å². The van der Waals surface area contributed by atoms with Gasteiger partial charge in [-0.15, -0.1) is 11.3 Å². The van der Waals surface area contributed by atoms with Gasteiger partial charge in [0.2, 0.25) is 0 Å². The number of aromatic nitrogens is 1. The number of likely N-dealkylation sites (tertiary alicyclic amines) is 1. The van der Waals surface area contributed by atoms with Crippen LogP contribution in [0, 0.1) is 6.92 Å². The van der Waals surface area contributed by atoms with E-state index in [0.717, 1.165) is 47.2 Å². The summed E-state index contributed by atoms with van der Waals surface area (Å²) in [6.07, 6.45) is 0.988. The second kappa shape index (κ2) is 8.03. The van der Waals surface area contributed by atoms with E-state index >= 15 is 0 Å². The fourth-order valence-corrected chi connectivity index (χ4v) is 4.47. The molecule has 138 valence electrons. The lowest BCUT2D eigenvalue weighted by Crippen LogP contribution is -2.36. The summed E-state index contributed by atoms with van der Waals surface area (Å²) in [5, 5.41) is 4.10. The number of rotatable bonds is 5. The fraction of sp³-hybridized carbons (Fsp3) is 0.273. The summed E-state index contributed by atoms with van der Waals surface area (Å²) in [6.45, 7) is 4.75. The van der Waals surface area contributed by atoms with Crippen molar-refractivity contribution in [1.29, 1.82) is 0 Å². The van der Waals surface area contributed by atoms with Gasteiger partial charge in [-0.2, -0.15) is 0 Å². The van der Waals surface area contributed by atoms with Crippen LogP contribution in [0.5, 0.6) is 0 Å². The van der Waals surface area contributed by atoms with Crippen molar-refractivity contribution in [2.24, 2.45) is 0 Å². The molecule has 27 heavy (non-hydrogen) atoms. The molecule has 1 amide bonds. The van der Waals surface area contributed by atoms with Crippen molar-refractivity contribution in [1.82, 2.24) is 15.2 Å². The van der Waals surface area contributed by atoms with E-state index in [2.05, 4.69) is 39.5 Å². The number of carbonyl (C=O) groups excluding carboxylic acids is 1. The lowest BCUT2D eigenvalue weighted by Gasteiger charge is -2.16. The standard InChI is InChI=1S/C22H23N3OS/c1-16-20(27-22(23-16)18-10-6-3-7-11-18)21(26)24-19-12-13-25(15-19)14-17-8-4-2-5-9-17/h2-11,19H,12-15H2,1H3,(H,24,26)/t19-/m0/s1. The predicted molar refractivity (Wildman–Crippen MR) is 110 cm³/mol. The smallest absolute Gasteiger partial charge is 0.263 e. The van der Waals surface area contributed by atoms with E-state index in [4.69, 9.17) is 0 Å². The number of hydrogen-bond acceptors (Lipinski definition) is 4. The molecule has 0 unspecified atom stereocenters. The second-order valence-electron chi connectivity index (χ2n) is 6.98. The molecule has 1 fully saturated rings. The summed E-state index contributed by atoms with van der Waals surface area (Å²) >= 11 is 1.47. The molecule has 1 aromatic heterocycles. The Hall–Kier alpha value is -2.50. The zero-order valence-electron chi connectivity index (χ0n) is 15.4. The molecule has 1 aliphatic rings. The highest BCUT2D eigenvalue weighted by molar-refractivity contribution is 7.17. The van der Waals surface area contributed by atoms with Crippen molar-refractivity contribution in [2.75, 3.05) is 13.1 Å². The van der Waals surface area contributed by atoms with Gasteiger partial charge in [-0.3, -0.25) is 9.69 Å². The summed E-state index contributed by atoms with van der Waals surface area (Å²) in [4.78, 5) is 20.5. The molecule has 1 aliphatic heterocycles. The second-order valence-corrected chi connectivity index (χ2v) is 7.98. The highest BCUT2D eigenvalue weighted by atomic mass is 32.1. The zero-order chi connectivity index (χ0) is 18.6. The molecule has 0 spiro atoms. The Morgan fingerprint density at radius 3 is 2.59 bits per heavy atom. The van der Waals surface area contributed by atoms with Gasteiger partial charge in [-0.05, 0) is 18.9 Å². The summed E-state index contributed by atoms with van der Waals surface area (Å²) in [6, 6.07) is 20.7. The van der Waals surface area contributed by atoms with E-state index in [0.29, 0.717) is 0 Å². The number of carbonyl (C=O) groups is 1. The Bertz CT molecular complexity index is 908. The van der Waals surface area contributed by atoms with Crippen LogP contribution in [0.3, 0.4) is 0 Å². The molecular weight excluding hydrogens is 354 g/mol. The summed E-state index contributed by atoms with van der Waals surface area (Å²) < 4.78 is 0. The number of benzene rings is 2. The van der Waals surface area contributed by atoms with Gasteiger partial charge in [-0.25, -0.2) is 4.98 Å². The zero-order valence-corrected chi connectivity index (χ0v) is 16.2. The van der Waals surface area contributed by atoms with Crippen LogP contribution < -0.4 is 5.32 Å². The molecule has 1 saturated heterocycles. The first-order valence-electron chi connectivity index (χ1n) is 9.29. The first-order valence-corrected chi connectivity index (χ1v) is 10.1. The highest BCUT2D eigenvalue weighted by Crippen LogP contribution is 2.28. The quantitative estimate of drug-likeness (QED) is 0.727. The molecule has 1 atom stereocenters. The van der Waals surface area contributed by atoms with E-state index in [9.17, 15) is 4.79 Å². The molecule has 0 saturated carbocycles. The minimum Gasteiger partial charge on any atom is -0.347 e. The number of nitrogens with zero attached hydrogens (tertiary/aromatic N) is 2. The van der Waals surface area contributed by atoms with Crippen molar-refractivity contribution in [2.45, 2.75) is 25.9 Å². The molecule has 2 aromatic carbocycles. The van der Waals surface area contributed by atoms with Gasteiger partial charge in [0, 0.05) is 31.2 Å². The lowest BCUT2D eigenvalue weighted by molar-refractivity contribution is 0.0941. The Morgan fingerprint density at radius 1 is 1.15 bits per heavy atom. The average molecular weight is 378 g/mol. The Morgan fingerprint density at radius 2 is 1.85 bits per heavy atom. The number of amides is 1. The summed E-state index contributed by atoms with van der Waals surface area (Å²) in [5.41, 5.74) is 3.17. The SMILES string of the molecule is Cc1nc(-c2ccccc2)sc1C(=O)N[C@H]1CCN(Cc2ccccc2)C1. The first-order chi connectivity index (χ1) is 13.2. The van der Waals surface area contributed by atoms with Gasteiger partial charge >= 0.3 is 0 Å². The van der Waals surface area contributed by atoms with E-state index in [1.807, 2.05) is 43.3 Å². The van der Waals surface area contributed by atoms with Gasteiger partial charge < -0.3 is 5.32 Å². The molecule has 2 heterocycles. The van der Waals surface area contributed by atoms with Crippen LogP contribution in [0.1, 0.15) is 27.3 Å². The largest absolute Gasteiger partial charge is 0.347 e. The molecule has 0 radical (unpaired) electrons. The predicted octanol–water partition coefficient (Wildman–Crippen LogP) is 4.12. The third kappa shape index (κ3) is 4.26. The Balaban J connectivity index is 1.38. The average Bonchev–Trinajstić information content (AvgIpc) is 3.29. The number of thiazole rings is 1. The summed E-state index contributed by atoms with van der Waals surface area (Å²) in [7, 11) is 0. The van der Waals surface area contributed by atoms with Crippen LogP contribution in [0.4, 0.5) is 0 Å². The topological polar surface area (TPSA) is 45.2 Å². The van der Waals surface area contributed by atoms with Gasteiger partial charge in [-0.1, -0.05) is 60.7 Å². The van der Waals surface area contributed by atoms with Crippen LogP contribution in [-0.2, 0) is 6.54 Å². The molecule has 0 aliphatic carbocycles. The molecule has 4 rings (SSSR count). The number of aryl methyl sites for hydroxylation is 1. The van der Waals surface area contributed by atoms with Crippen molar-refractivity contribution in [3.8, 4) is 10.6 Å². The van der Waals surface area contributed by atoms with Crippen LogP contribution in [0.2, 0.25) is 0 Å². The number of hydrogen-bond donors (Lipinski definition) is 1. The van der Waals surface area contributed by atoms with Crippen LogP contribution >= 0.6 is 11.3 Å².